The number of ether oxygens (including phenoxy) is 1. The van der Waals surface area contributed by atoms with Gasteiger partial charge in [0.2, 0.25) is 0 Å². The molecular weight excluding hydrogens is 270 g/mol. The number of hydrogen-bond donors (Lipinski definition) is 0. The van der Waals surface area contributed by atoms with Gasteiger partial charge in [-0.05, 0) is 39.7 Å². The third kappa shape index (κ3) is 3.38. The van der Waals surface area contributed by atoms with E-state index in [1.165, 1.54) is 7.11 Å². The largest absolute Gasteiger partial charge is 0.465 e. The number of rotatable bonds is 3. The molecule has 0 unspecified atom stereocenters. The van der Waals surface area contributed by atoms with Crippen LogP contribution in [0, 0.1) is 0 Å². The summed E-state index contributed by atoms with van der Waals surface area (Å²) in [7, 11) is 5.32. The standard InChI is InChI=1S/C12H14BrNO2/c1-14(2)10-6-4-9(5-7-10)8-11(13)12(15)16-3/h4-8H,1-3H3/b11-8-. The van der Waals surface area contributed by atoms with Gasteiger partial charge in [0.1, 0.15) is 4.48 Å². The van der Waals surface area contributed by atoms with Crippen LogP contribution >= 0.6 is 15.9 Å². The van der Waals surface area contributed by atoms with Crippen molar-refractivity contribution in [2.45, 2.75) is 0 Å². The fraction of sp³-hybridized carbons (Fsp3) is 0.250. The molecule has 86 valence electrons. The van der Waals surface area contributed by atoms with Gasteiger partial charge in [-0.1, -0.05) is 12.1 Å². The van der Waals surface area contributed by atoms with Gasteiger partial charge in [0.25, 0.3) is 0 Å². The van der Waals surface area contributed by atoms with E-state index in [9.17, 15) is 4.79 Å². The molecule has 1 aromatic rings. The molecule has 1 aromatic carbocycles. The maximum absolute atomic E-state index is 11.1. The van der Waals surface area contributed by atoms with Gasteiger partial charge in [0.15, 0.2) is 0 Å². The quantitative estimate of drug-likeness (QED) is 0.631. The Morgan fingerprint density at radius 1 is 1.31 bits per heavy atom. The number of halogens is 1. The van der Waals surface area contributed by atoms with Crippen molar-refractivity contribution in [1.29, 1.82) is 0 Å². The number of benzene rings is 1. The van der Waals surface area contributed by atoms with E-state index in [0.29, 0.717) is 4.48 Å². The molecule has 0 atom stereocenters. The molecule has 0 amide bonds. The Balaban J connectivity index is 2.87. The Morgan fingerprint density at radius 3 is 2.31 bits per heavy atom. The summed E-state index contributed by atoms with van der Waals surface area (Å²) in [6.07, 6.45) is 1.73. The number of nitrogens with zero attached hydrogens (tertiary/aromatic N) is 1. The van der Waals surface area contributed by atoms with Crippen molar-refractivity contribution in [2.75, 3.05) is 26.1 Å². The highest BCUT2D eigenvalue weighted by molar-refractivity contribution is 9.12. The second-order valence-electron chi connectivity index (χ2n) is 3.47. The van der Waals surface area contributed by atoms with Crippen molar-refractivity contribution in [3.8, 4) is 0 Å². The lowest BCUT2D eigenvalue weighted by Gasteiger charge is -2.11. The van der Waals surface area contributed by atoms with E-state index < -0.39 is 0 Å². The summed E-state index contributed by atoms with van der Waals surface area (Å²) >= 11 is 3.16. The minimum absolute atomic E-state index is 0.378. The number of anilines is 1. The Morgan fingerprint density at radius 2 is 1.88 bits per heavy atom. The van der Waals surface area contributed by atoms with Crippen molar-refractivity contribution in [1.82, 2.24) is 0 Å². The van der Waals surface area contributed by atoms with Gasteiger partial charge in [-0.25, -0.2) is 4.79 Å². The van der Waals surface area contributed by atoms with Gasteiger partial charge >= 0.3 is 5.97 Å². The van der Waals surface area contributed by atoms with Crippen LogP contribution in [-0.4, -0.2) is 27.2 Å². The van der Waals surface area contributed by atoms with E-state index in [4.69, 9.17) is 0 Å². The van der Waals surface area contributed by atoms with E-state index >= 15 is 0 Å². The Kier molecular flexibility index (Phi) is 4.55. The fourth-order valence-electron chi connectivity index (χ4n) is 1.17. The van der Waals surface area contributed by atoms with Crippen LogP contribution in [0.3, 0.4) is 0 Å². The van der Waals surface area contributed by atoms with Crippen LogP contribution in [0.25, 0.3) is 6.08 Å². The summed E-state index contributed by atoms with van der Waals surface area (Å²) in [6, 6.07) is 7.87. The summed E-state index contributed by atoms with van der Waals surface area (Å²) in [5, 5.41) is 0. The van der Waals surface area contributed by atoms with Crippen LogP contribution in [0.5, 0.6) is 0 Å². The lowest BCUT2D eigenvalue weighted by Crippen LogP contribution is -2.07. The predicted molar refractivity (Wildman–Crippen MR) is 69.7 cm³/mol. The molecule has 16 heavy (non-hydrogen) atoms. The highest BCUT2D eigenvalue weighted by Gasteiger charge is 2.04. The monoisotopic (exact) mass is 283 g/mol. The average molecular weight is 284 g/mol. The fourth-order valence-corrected chi connectivity index (χ4v) is 1.60. The Bertz CT molecular complexity index is 396. The average Bonchev–Trinajstić information content (AvgIpc) is 2.28. The summed E-state index contributed by atoms with van der Waals surface area (Å²) in [5.41, 5.74) is 2.06. The Hall–Kier alpha value is -1.29. The molecular formula is C12H14BrNO2. The van der Waals surface area contributed by atoms with Crippen LogP contribution < -0.4 is 4.90 Å². The maximum atomic E-state index is 11.1. The van der Waals surface area contributed by atoms with Crippen molar-refractivity contribution < 1.29 is 9.53 Å². The molecule has 0 aromatic heterocycles. The minimum atomic E-state index is -0.378. The van der Waals surface area contributed by atoms with Gasteiger partial charge < -0.3 is 9.64 Å². The highest BCUT2D eigenvalue weighted by atomic mass is 79.9. The van der Waals surface area contributed by atoms with Crippen molar-refractivity contribution in [3.63, 3.8) is 0 Å². The molecule has 3 nitrogen and oxygen atoms in total. The number of esters is 1. The highest BCUT2D eigenvalue weighted by Crippen LogP contribution is 2.17. The molecule has 0 aliphatic heterocycles. The topological polar surface area (TPSA) is 29.5 Å². The van der Waals surface area contributed by atoms with Gasteiger partial charge in [-0.2, -0.15) is 0 Å². The van der Waals surface area contributed by atoms with Crippen molar-refractivity contribution in [2.24, 2.45) is 0 Å². The predicted octanol–water partition coefficient (Wildman–Crippen LogP) is 2.66. The first kappa shape index (κ1) is 12.8. The van der Waals surface area contributed by atoms with Crippen molar-refractivity contribution >= 4 is 33.7 Å². The number of carbonyl (C=O) groups excluding carboxylic acids is 1. The van der Waals surface area contributed by atoms with Gasteiger partial charge in [-0.15, -0.1) is 0 Å². The zero-order chi connectivity index (χ0) is 12.1. The van der Waals surface area contributed by atoms with Crippen molar-refractivity contribution in [3.05, 3.63) is 34.3 Å². The molecule has 0 N–H and O–H groups in total. The zero-order valence-corrected chi connectivity index (χ0v) is 11.1. The van der Waals surface area contributed by atoms with Gasteiger partial charge in [0.05, 0.1) is 7.11 Å². The smallest absolute Gasteiger partial charge is 0.344 e. The van der Waals surface area contributed by atoms with E-state index in [0.717, 1.165) is 11.3 Å². The summed E-state index contributed by atoms with van der Waals surface area (Å²) in [6.45, 7) is 0. The molecule has 0 saturated heterocycles. The molecule has 1 rings (SSSR count). The van der Waals surface area contributed by atoms with E-state index in [2.05, 4.69) is 20.7 Å². The van der Waals surface area contributed by atoms with Crippen LogP contribution in [-0.2, 0) is 9.53 Å². The first-order valence-electron chi connectivity index (χ1n) is 4.77. The molecule has 0 heterocycles. The lowest BCUT2D eigenvalue weighted by molar-refractivity contribution is -0.135. The zero-order valence-electron chi connectivity index (χ0n) is 9.53. The molecule has 0 fully saturated rings. The van der Waals surface area contributed by atoms with Crippen LogP contribution in [0.15, 0.2) is 28.7 Å². The van der Waals surface area contributed by atoms with E-state index in [1.54, 1.807) is 6.08 Å². The minimum Gasteiger partial charge on any atom is -0.465 e. The first-order chi connectivity index (χ1) is 7.54. The molecule has 0 bridgehead atoms. The third-order valence-electron chi connectivity index (χ3n) is 2.08. The summed E-state index contributed by atoms with van der Waals surface area (Å²) < 4.78 is 4.99. The van der Waals surface area contributed by atoms with Gasteiger partial charge in [-0.3, -0.25) is 0 Å². The molecule has 0 radical (unpaired) electrons. The van der Waals surface area contributed by atoms with Crippen LogP contribution in [0.1, 0.15) is 5.56 Å². The third-order valence-corrected chi connectivity index (χ3v) is 2.64. The number of methoxy groups -OCH3 is 1. The molecule has 4 heteroatoms. The lowest BCUT2D eigenvalue weighted by atomic mass is 10.2. The van der Waals surface area contributed by atoms with E-state index in [-0.39, 0.29) is 5.97 Å². The van der Waals surface area contributed by atoms with E-state index in [1.807, 2.05) is 43.3 Å². The molecule has 0 aliphatic rings. The summed E-state index contributed by atoms with van der Waals surface area (Å²) in [4.78, 5) is 13.2. The van der Waals surface area contributed by atoms with Crippen LogP contribution in [0.2, 0.25) is 0 Å². The first-order valence-corrected chi connectivity index (χ1v) is 5.57. The summed E-state index contributed by atoms with van der Waals surface area (Å²) in [5.74, 6) is -0.378. The maximum Gasteiger partial charge on any atom is 0.344 e. The van der Waals surface area contributed by atoms with Gasteiger partial charge in [0, 0.05) is 19.8 Å². The molecule has 0 aliphatic carbocycles. The Labute approximate surface area is 104 Å². The second-order valence-corrected chi connectivity index (χ2v) is 4.32. The normalized spacial score (nSPS) is 11.1. The van der Waals surface area contributed by atoms with Crippen LogP contribution in [0.4, 0.5) is 5.69 Å². The number of carbonyl (C=O) groups is 1. The molecule has 0 spiro atoms. The second kappa shape index (κ2) is 5.70. The molecule has 0 saturated carbocycles. The SMILES string of the molecule is COC(=O)/C(Br)=C/c1ccc(N(C)C)cc1. The number of hydrogen-bond acceptors (Lipinski definition) is 3.